The second-order valence-electron chi connectivity index (χ2n) is 6.72. The van der Waals surface area contributed by atoms with Gasteiger partial charge in [0.05, 0.1) is 32.4 Å². The van der Waals surface area contributed by atoms with E-state index in [4.69, 9.17) is 14.2 Å². The molecule has 1 N–H and O–H groups in total. The van der Waals surface area contributed by atoms with Gasteiger partial charge in [0, 0.05) is 16.5 Å². The van der Waals surface area contributed by atoms with Crippen LogP contribution in [-0.4, -0.2) is 33.5 Å². The van der Waals surface area contributed by atoms with Crippen molar-refractivity contribution in [2.45, 2.75) is 32.6 Å². The Kier molecular flexibility index (Phi) is 6.57. The first kappa shape index (κ1) is 20.2. The van der Waals surface area contributed by atoms with E-state index in [0.29, 0.717) is 27.7 Å². The number of carbonyl (C=O) groups is 1. The number of nitrogens with one attached hydrogen (secondary N) is 1. The molecule has 1 aliphatic carbocycles. The van der Waals surface area contributed by atoms with Crippen molar-refractivity contribution < 1.29 is 19.0 Å². The number of benzene rings is 1. The predicted molar refractivity (Wildman–Crippen MR) is 111 cm³/mol. The molecule has 0 aliphatic heterocycles. The molecule has 0 spiro atoms. The standard InChI is InChI=1S/C21H26N2O4S/c1-5-13-6-7-19-14(8-13)10-20(28-19)21(24)23-22-12-15-9-17(26-3)18(27-4)11-16(15)25-2/h9-13H,5-8H2,1-4H3,(H,23,24)/b22-12-/t13-/m1/s1. The summed E-state index contributed by atoms with van der Waals surface area (Å²) in [7, 11) is 4.69. The van der Waals surface area contributed by atoms with E-state index in [1.807, 2.05) is 6.07 Å². The lowest BCUT2D eigenvalue weighted by atomic mass is 9.87. The largest absolute Gasteiger partial charge is 0.496 e. The molecular weight excluding hydrogens is 376 g/mol. The number of ether oxygens (including phenoxy) is 3. The first-order valence-corrected chi connectivity index (χ1v) is 10.2. The van der Waals surface area contributed by atoms with E-state index in [-0.39, 0.29) is 5.91 Å². The third-order valence-corrected chi connectivity index (χ3v) is 6.33. The molecule has 0 fully saturated rings. The average Bonchev–Trinajstić information content (AvgIpc) is 3.16. The van der Waals surface area contributed by atoms with Crippen molar-refractivity contribution in [1.82, 2.24) is 5.43 Å². The Balaban J connectivity index is 1.71. The van der Waals surface area contributed by atoms with E-state index in [0.717, 1.165) is 18.8 Å². The molecule has 0 radical (unpaired) electrons. The minimum atomic E-state index is -0.192. The van der Waals surface area contributed by atoms with Crippen LogP contribution in [0, 0.1) is 5.92 Å². The normalized spacial score (nSPS) is 15.9. The molecule has 1 heterocycles. The van der Waals surface area contributed by atoms with Crippen LogP contribution in [-0.2, 0) is 12.8 Å². The average molecular weight is 403 g/mol. The van der Waals surface area contributed by atoms with Crippen LogP contribution in [0.2, 0.25) is 0 Å². The number of carbonyl (C=O) groups excluding carboxylic acids is 1. The molecule has 1 aromatic heterocycles. The Morgan fingerprint density at radius 3 is 2.57 bits per heavy atom. The predicted octanol–water partition coefficient (Wildman–Crippen LogP) is 4.05. The molecule has 2 aromatic rings. The zero-order valence-corrected chi connectivity index (χ0v) is 17.5. The molecule has 1 aromatic carbocycles. The van der Waals surface area contributed by atoms with E-state index >= 15 is 0 Å². The van der Waals surface area contributed by atoms with Crippen LogP contribution in [0.25, 0.3) is 0 Å². The van der Waals surface area contributed by atoms with Gasteiger partial charge in [-0.25, -0.2) is 5.43 Å². The van der Waals surface area contributed by atoms with Gasteiger partial charge < -0.3 is 14.2 Å². The van der Waals surface area contributed by atoms with Crippen LogP contribution in [0.15, 0.2) is 23.3 Å². The fraction of sp³-hybridized carbons (Fsp3) is 0.429. The van der Waals surface area contributed by atoms with Gasteiger partial charge in [0.15, 0.2) is 11.5 Å². The summed E-state index contributed by atoms with van der Waals surface area (Å²) in [5, 5.41) is 4.10. The Morgan fingerprint density at radius 2 is 1.89 bits per heavy atom. The highest BCUT2D eigenvalue weighted by Gasteiger charge is 2.22. The molecule has 6 nitrogen and oxygen atoms in total. The van der Waals surface area contributed by atoms with Crippen molar-refractivity contribution in [2.75, 3.05) is 21.3 Å². The molecule has 0 bridgehead atoms. The molecule has 7 heteroatoms. The summed E-state index contributed by atoms with van der Waals surface area (Å²) in [6.45, 7) is 2.23. The highest BCUT2D eigenvalue weighted by atomic mass is 32.1. The van der Waals surface area contributed by atoms with Gasteiger partial charge in [-0.05, 0) is 42.9 Å². The smallest absolute Gasteiger partial charge is 0.281 e. The summed E-state index contributed by atoms with van der Waals surface area (Å²) in [4.78, 5) is 14.5. The lowest BCUT2D eigenvalue weighted by molar-refractivity contribution is 0.0959. The van der Waals surface area contributed by atoms with E-state index in [1.54, 1.807) is 51.0 Å². The number of rotatable bonds is 7. The van der Waals surface area contributed by atoms with Crippen molar-refractivity contribution in [1.29, 1.82) is 0 Å². The van der Waals surface area contributed by atoms with E-state index < -0.39 is 0 Å². The van der Waals surface area contributed by atoms with Crippen LogP contribution in [0.1, 0.15) is 45.4 Å². The maximum atomic E-state index is 12.5. The van der Waals surface area contributed by atoms with Crippen LogP contribution in [0.5, 0.6) is 17.2 Å². The molecule has 3 rings (SSSR count). The molecule has 0 saturated heterocycles. The number of methoxy groups -OCH3 is 3. The fourth-order valence-corrected chi connectivity index (χ4v) is 4.53. The Labute approximate surface area is 169 Å². The van der Waals surface area contributed by atoms with Crippen molar-refractivity contribution in [3.63, 3.8) is 0 Å². The summed E-state index contributed by atoms with van der Waals surface area (Å²) in [6, 6.07) is 5.49. The number of aryl methyl sites for hydroxylation is 1. The lowest BCUT2D eigenvalue weighted by Crippen LogP contribution is -2.16. The molecule has 1 aliphatic rings. The monoisotopic (exact) mass is 402 g/mol. The quantitative estimate of drug-likeness (QED) is 0.560. The zero-order valence-electron chi connectivity index (χ0n) is 16.7. The molecule has 1 atom stereocenters. The van der Waals surface area contributed by atoms with Crippen molar-refractivity contribution in [2.24, 2.45) is 11.0 Å². The highest BCUT2D eigenvalue weighted by molar-refractivity contribution is 7.14. The van der Waals surface area contributed by atoms with Crippen LogP contribution >= 0.6 is 11.3 Å². The van der Waals surface area contributed by atoms with Gasteiger partial charge in [-0.15, -0.1) is 11.3 Å². The second-order valence-corrected chi connectivity index (χ2v) is 7.86. The maximum absolute atomic E-state index is 12.5. The first-order chi connectivity index (χ1) is 13.6. The zero-order chi connectivity index (χ0) is 20.1. The number of thiophene rings is 1. The van der Waals surface area contributed by atoms with Crippen molar-refractivity contribution in [3.8, 4) is 17.2 Å². The number of hydrogen-bond donors (Lipinski definition) is 1. The van der Waals surface area contributed by atoms with Crippen LogP contribution < -0.4 is 19.6 Å². The van der Waals surface area contributed by atoms with Gasteiger partial charge in [0.2, 0.25) is 0 Å². The minimum absolute atomic E-state index is 0.192. The number of hydrogen-bond acceptors (Lipinski definition) is 6. The van der Waals surface area contributed by atoms with Gasteiger partial charge in [-0.1, -0.05) is 13.3 Å². The number of fused-ring (bicyclic) bond motifs is 1. The summed E-state index contributed by atoms with van der Waals surface area (Å²) in [5.74, 6) is 2.24. The number of nitrogens with zero attached hydrogens (tertiary/aromatic N) is 1. The Hall–Kier alpha value is -2.54. The second kappa shape index (κ2) is 9.10. The number of hydrazone groups is 1. The highest BCUT2D eigenvalue weighted by Crippen LogP contribution is 2.34. The lowest BCUT2D eigenvalue weighted by Gasteiger charge is -2.19. The van der Waals surface area contributed by atoms with Crippen LogP contribution in [0.4, 0.5) is 0 Å². The molecule has 0 saturated carbocycles. The maximum Gasteiger partial charge on any atom is 0.281 e. The topological polar surface area (TPSA) is 69.2 Å². The van der Waals surface area contributed by atoms with Crippen molar-refractivity contribution >= 4 is 23.5 Å². The summed E-state index contributed by atoms with van der Waals surface area (Å²) >= 11 is 1.57. The Bertz CT molecular complexity index is 876. The van der Waals surface area contributed by atoms with E-state index in [2.05, 4.69) is 17.5 Å². The third-order valence-electron chi connectivity index (χ3n) is 5.09. The summed E-state index contributed by atoms with van der Waals surface area (Å²) in [6.07, 6.45) is 6.08. The first-order valence-electron chi connectivity index (χ1n) is 9.34. The van der Waals surface area contributed by atoms with Gasteiger partial charge in [-0.3, -0.25) is 4.79 Å². The van der Waals surface area contributed by atoms with Gasteiger partial charge in [0.1, 0.15) is 5.75 Å². The Morgan fingerprint density at radius 1 is 1.18 bits per heavy atom. The number of amides is 1. The molecule has 28 heavy (non-hydrogen) atoms. The van der Waals surface area contributed by atoms with E-state index in [1.165, 1.54) is 23.3 Å². The minimum Gasteiger partial charge on any atom is -0.496 e. The van der Waals surface area contributed by atoms with Crippen molar-refractivity contribution in [3.05, 3.63) is 39.1 Å². The summed E-state index contributed by atoms with van der Waals surface area (Å²) in [5.41, 5.74) is 4.61. The fourth-order valence-electron chi connectivity index (χ4n) is 3.43. The molecule has 0 unspecified atom stereocenters. The van der Waals surface area contributed by atoms with Gasteiger partial charge in [-0.2, -0.15) is 5.10 Å². The molecule has 1 amide bonds. The molecular formula is C21H26N2O4S. The SMILES string of the molecule is CC[C@@H]1CCc2sc(C(=O)N/N=C\c3cc(OC)c(OC)cc3OC)cc2C1. The third kappa shape index (κ3) is 4.30. The van der Waals surface area contributed by atoms with E-state index in [9.17, 15) is 4.79 Å². The molecule has 150 valence electrons. The summed E-state index contributed by atoms with van der Waals surface area (Å²) < 4.78 is 15.9. The van der Waals surface area contributed by atoms with Gasteiger partial charge >= 0.3 is 0 Å². The van der Waals surface area contributed by atoms with Crippen LogP contribution in [0.3, 0.4) is 0 Å². The van der Waals surface area contributed by atoms with Gasteiger partial charge in [0.25, 0.3) is 5.91 Å².